The summed E-state index contributed by atoms with van der Waals surface area (Å²) < 4.78 is 0. The van der Waals surface area contributed by atoms with Crippen molar-refractivity contribution < 1.29 is 31.3 Å². The Bertz CT molecular complexity index is 28.5. The Morgan fingerprint density at radius 2 is 1.17 bits per heavy atom. The predicted octanol–water partition coefficient (Wildman–Crippen LogP) is -4.63. The second-order valence-corrected chi connectivity index (χ2v) is 0.471. The summed E-state index contributed by atoms with van der Waals surface area (Å²) in [6.45, 7) is 6.72. The molecule has 0 saturated carbocycles. The molecule has 0 nitrogen and oxygen atoms in total. The van der Waals surface area contributed by atoms with Crippen molar-refractivity contribution in [3.05, 3.63) is 25.3 Å². The Morgan fingerprint density at radius 3 is 1.17 bits per heavy atom. The van der Waals surface area contributed by atoms with Crippen LogP contribution in [0, 0.1) is 0 Å². The van der Waals surface area contributed by atoms with Crippen molar-refractivity contribution in [2.75, 3.05) is 0 Å². The van der Waals surface area contributed by atoms with E-state index in [1.54, 1.807) is 12.2 Å². The number of hydrogen-bond donors (Lipinski definition) is 0. The van der Waals surface area contributed by atoms with Gasteiger partial charge in [-0.15, -0.1) is 0 Å². The molecule has 0 aliphatic heterocycles. The molecule has 0 saturated heterocycles. The molecule has 0 heterocycles. The minimum Gasteiger partial charge on any atom is -1.00 e. The molecule has 0 N–H and O–H groups in total. The molecule has 0 unspecified atom stereocenters. The van der Waals surface area contributed by atoms with Gasteiger partial charge in [0.15, 0.2) is 0 Å². The van der Waals surface area contributed by atoms with Gasteiger partial charge in [-0.3, -0.25) is 0 Å². The number of rotatable bonds is 1. The maximum Gasteiger partial charge on any atom is 1.00 e. The zero-order valence-electron chi connectivity index (χ0n) is 3.95. The predicted molar refractivity (Wildman–Crippen MR) is 20.4 cm³/mol. The molecule has 30 valence electrons. The Kier molecular flexibility index (Phi) is 49.3. The summed E-state index contributed by atoms with van der Waals surface area (Å²) in [6.07, 6.45) is 3.28. The molecule has 0 aliphatic carbocycles. The molecule has 0 aromatic rings. The molecule has 0 aromatic heterocycles. The molecule has 6 heavy (non-hydrogen) atoms. The van der Waals surface area contributed by atoms with Crippen molar-refractivity contribution in [3.63, 3.8) is 0 Å². The zero-order valence-corrected chi connectivity index (χ0v) is 4.70. The van der Waals surface area contributed by atoms with E-state index in [1.165, 1.54) is 0 Å². The van der Waals surface area contributed by atoms with Crippen LogP contribution in [0.2, 0.25) is 0 Å². The molecular weight excluding hydrogens is 90.4 g/mol. The van der Waals surface area contributed by atoms with Crippen LogP contribution < -0.4 is 31.3 Å². The van der Waals surface area contributed by atoms with Gasteiger partial charge in [-0.25, -0.2) is 0 Å². The first-order valence-electron chi connectivity index (χ1n) is 1.15. The van der Waals surface area contributed by atoms with Gasteiger partial charge in [0.25, 0.3) is 0 Å². The Morgan fingerprint density at radius 1 is 1.00 bits per heavy atom. The summed E-state index contributed by atoms with van der Waals surface area (Å²) >= 11 is 0. The molecule has 0 aliphatic rings. The van der Waals surface area contributed by atoms with Crippen LogP contribution in [0.25, 0.3) is 0 Å². The van der Waals surface area contributed by atoms with E-state index in [9.17, 15) is 0 Å². The fourth-order valence-electron chi connectivity index (χ4n) is 0. The summed E-state index contributed by atoms with van der Waals surface area (Å²) in [5, 5.41) is 0. The van der Waals surface area contributed by atoms with Crippen LogP contribution in [0.5, 0.6) is 0 Å². The molecule has 2 heteroatoms. The largest absolute Gasteiger partial charge is 1.00 e. The quantitative estimate of drug-likeness (QED) is 0.228. The summed E-state index contributed by atoms with van der Waals surface area (Å²) in [4.78, 5) is 0. The zero-order chi connectivity index (χ0) is 3.41. The van der Waals surface area contributed by atoms with E-state index in [4.69, 9.17) is 0 Å². The van der Waals surface area contributed by atoms with Crippen LogP contribution in [-0.4, -0.2) is 0 Å². The number of hydrogen-bond acceptors (Lipinski definition) is 0. The van der Waals surface area contributed by atoms with E-state index in [2.05, 4.69) is 13.2 Å². The topological polar surface area (TPSA) is 0 Å². The van der Waals surface area contributed by atoms with Gasteiger partial charge >= 0.3 is 18.9 Å². The minimum absolute atomic E-state index is 0. The van der Waals surface area contributed by atoms with Crippen molar-refractivity contribution in [2.45, 2.75) is 0 Å². The SMILES string of the molecule is C=CC=C.[Cl-].[Li+]. The van der Waals surface area contributed by atoms with Gasteiger partial charge in [0.1, 0.15) is 0 Å². The third-order valence-electron chi connectivity index (χ3n) is 0.167. The van der Waals surface area contributed by atoms with Crippen LogP contribution in [-0.2, 0) is 0 Å². The van der Waals surface area contributed by atoms with E-state index in [0.29, 0.717) is 0 Å². The summed E-state index contributed by atoms with van der Waals surface area (Å²) in [5.41, 5.74) is 0. The Hall–Kier alpha value is 0.367. The molecule has 0 atom stereocenters. The van der Waals surface area contributed by atoms with Gasteiger partial charge in [-0.2, -0.15) is 0 Å². The van der Waals surface area contributed by atoms with Crippen molar-refractivity contribution >= 4 is 0 Å². The third kappa shape index (κ3) is 26.5. The summed E-state index contributed by atoms with van der Waals surface area (Å²) in [7, 11) is 0. The Labute approximate surface area is 56.9 Å². The van der Waals surface area contributed by atoms with Crippen molar-refractivity contribution in [2.24, 2.45) is 0 Å². The van der Waals surface area contributed by atoms with Gasteiger partial charge in [0.2, 0.25) is 0 Å². The second kappa shape index (κ2) is 18.3. The first kappa shape index (κ1) is 16.2. The molecule has 0 rings (SSSR count). The van der Waals surface area contributed by atoms with E-state index >= 15 is 0 Å². The van der Waals surface area contributed by atoms with Crippen molar-refractivity contribution in [1.29, 1.82) is 0 Å². The first-order valence-corrected chi connectivity index (χ1v) is 1.15. The number of halogens is 1. The van der Waals surface area contributed by atoms with Crippen LogP contribution >= 0.6 is 0 Å². The average Bonchev–Trinajstić information content (AvgIpc) is 1.37. The van der Waals surface area contributed by atoms with E-state index in [0.717, 1.165) is 0 Å². The van der Waals surface area contributed by atoms with Gasteiger partial charge in [-0.1, -0.05) is 25.3 Å². The molecular formula is C4H6ClLi. The van der Waals surface area contributed by atoms with Crippen molar-refractivity contribution in [1.82, 2.24) is 0 Å². The number of allylic oxidation sites excluding steroid dienone is 2. The second-order valence-electron chi connectivity index (χ2n) is 0.471. The van der Waals surface area contributed by atoms with E-state index < -0.39 is 0 Å². The Balaban J connectivity index is -0.0000000450. The smallest absolute Gasteiger partial charge is 1.00 e. The molecule has 0 amide bonds. The van der Waals surface area contributed by atoms with Gasteiger partial charge in [0.05, 0.1) is 0 Å². The summed E-state index contributed by atoms with van der Waals surface area (Å²) in [6, 6.07) is 0. The summed E-state index contributed by atoms with van der Waals surface area (Å²) in [5.74, 6) is 0. The fourth-order valence-corrected chi connectivity index (χ4v) is 0. The fraction of sp³-hybridized carbons (Fsp3) is 0. The van der Waals surface area contributed by atoms with Crippen LogP contribution in [0.1, 0.15) is 0 Å². The van der Waals surface area contributed by atoms with E-state index in [-0.39, 0.29) is 31.3 Å². The molecule has 0 fully saturated rings. The van der Waals surface area contributed by atoms with Crippen LogP contribution in [0.4, 0.5) is 0 Å². The maximum absolute atomic E-state index is 3.36. The van der Waals surface area contributed by atoms with Gasteiger partial charge < -0.3 is 12.4 Å². The standard InChI is InChI=1S/C4H6.ClH.Li/c1-3-4-2;;/h3-4H,1-2H2;1H;/q;;+1/p-1. The molecule has 0 aromatic carbocycles. The molecule has 0 spiro atoms. The van der Waals surface area contributed by atoms with E-state index in [1.807, 2.05) is 0 Å². The van der Waals surface area contributed by atoms with Crippen LogP contribution in [0.15, 0.2) is 25.3 Å². The maximum atomic E-state index is 3.36. The van der Waals surface area contributed by atoms with Gasteiger partial charge in [-0.05, 0) is 0 Å². The minimum atomic E-state index is 0. The molecule has 0 radical (unpaired) electrons. The van der Waals surface area contributed by atoms with Gasteiger partial charge in [0, 0.05) is 0 Å². The molecule has 0 bridgehead atoms. The van der Waals surface area contributed by atoms with Crippen LogP contribution in [0.3, 0.4) is 0 Å². The normalized spacial score (nSPS) is 3.33. The van der Waals surface area contributed by atoms with Crippen molar-refractivity contribution in [3.8, 4) is 0 Å². The first-order chi connectivity index (χ1) is 1.91. The average molecular weight is 96.5 g/mol. The third-order valence-corrected chi connectivity index (χ3v) is 0.167. The monoisotopic (exact) mass is 96.0 g/mol.